The molecule has 1 heterocycles. The van der Waals surface area contributed by atoms with Gasteiger partial charge in [-0.2, -0.15) is 0 Å². The van der Waals surface area contributed by atoms with Crippen molar-refractivity contribution >= 4 is 5.96 Å². The fourth-order valence-corrected chi connectivity index (χ4v) is 3.03. The van der Waals surface area contributed by atoms with Crippen molar-refractivity contribution in [1.82, 2.24) is 15.5 Å². The van der Waals surface area contributed by atoms with E-state index in [0.717, 1.165) is 31.6 Å². The lowest BCUT2D eigenvalue weighted by atomic mass is 9.89. The van der Waals surface area contributed by atoms with Crippen LogP contribution in [0.15, 0.2) is 4.99 Å². The summed E-state index contributed by atoms with van der Waals surface area (Å²) in [7, 11) is 3.64. The number of aliphatic imine (C=N–C) groups is 1. The summed E-state index contributed by atoms with van der Waals surface area (Å²) in [5.41, 5.74) is 0.393. The zero-order valence-electron chi connectivity index (χ0n) is 16.8. The molecule has 0 bridgehead atoms. The molecule has 142 valence electrons. The number of piperidine rings is 1. The van der Waals surface area contributed by atoms with Crippen molar-refractivity contribution in [1.29, 1.82) is 0 Å². The van der Waals surface area contributed by atoms with E-state index < -0.39 is 0 Å². The molecule has 0 aromatic heterocycles. The van der Waals surface area contributed by atoms with E-state index in [1.165, 1.54) is 38.8 Å². The van der Waals surface area contributed by atoms with E-state index >= 15 is 0 Å². The predicted octanol–water partition coefficient (Wildman–Crippen LogP) is 2.72. The van der Waals surface area contributed by atoms with Gasteiger partial charge in [0.1, 0.15) is 0 Å². The third-order valence-electron chi connectivity index (χ3n) is 4.81. The molecule has 1 saturated heterocycles. The second kappa shape index (κ2) is 10.9. The Balaban J connectivity index is 2.22. The van der Waals surface area contributed by atoms with Gasteiger partial charge < -0.3 is 20.3 Å². The van der Waals surface area contributed by atoms with Crippen LogP contribution >= 0.6 is 0 Å². The molecule has 0 aromatic rings. The molecule has 0 saturated carbocycles. The molecule has 1 aliphatic heterocycles. The summed E-state index contributed by atoms with van der Waals surface area (Å²) < 4.78 is 5.16. The van der Waals surface area contributed by atoms with Crippen molar-refractivity contribution in [2.45, 2.75) is 59.4 Å². The first kappa shape index (κ1) is 21.2. The van der Waals surface area contributed by atoms with E-state index in [9.17, 15) is 0 Å². The highest BCUT2D eigenvalue weighted by Crippen LogP contribution is 2.21. The molecule has 0 aromatic carbocycles. The van der Waals surface area contributed by atoms with Gasteiger partial charge in [0.15, 0.2) is 5.96 Å². The Bertz CT molecular complexity index is 357. The summed E-state index contributed by atoms with van der Waals surface area (Å²) in [6, 6.07) is 0.450. The standard InChI is InChI=1S/C19H40N4O/c1-16(7-10-19(2,3)4)22-18(20-5)21-15-17-8-11-23(12-9-17)13-14-24-6/h16-17H,7-15H2,1-6H3,(H2,20,21,22). The molecule has 1 aliphatic rings. The van der Waals surface area contributed by atoms with E-state index in [4.69, 9.17) is 4.74 Å². The number of methoxy groups -OCH3 is 1. The molecule has 24 heavy (non-hydrogen) atoms. The summed E-state index contributed by atoms with van der Waals surface area (Å²) in [6.07, 6.45) is 4.90. The summed E-state index contributed by atoms with van der Waals surface area (Å²) in [5, 5.41) is 7.05. The topological polar surface area (TPSA) is 48.9 Å². The van der Waals surface area contributed by atoms with Crippen molar-refractivity contribution < 1.29 is 4.74 Å². The van der Waals surface area contributed by atoms with Gasteiger partial charge in [0, 0.05) is 33.3 Å². The number of ether oxygens (including phenoxy) is 1. The summed E-state index contributed by atoms with van der Waals surface area (Å²) in [4.78, 5) is 6.88. The lowest BCUT2D eigenvalue weighted by Gasteiger charge is -2.32. The fraction of sp³-hybridized carbons (Fsp3) is 0.947. The highest BCUT2D eigenvalue weighted by molar-refractivity contribution is 5.79. The summed E-state index contributed by atoms with van der Waals surface area (Å²) in [5.74, 6) is 1.69. The Morgan fingerprint density at radius 1 is 1.29 bits per heavy atom. The van der Waals surface area contributed by atoms with Crippen molar-refractivity contribution in [2.24, 2.45) is 16.3 Å². The van der Waals surface area contributed by atoms with E-state index in [-0.39, 0.29) is 0 Å². The largest absolute Gasteiger partial charge is 0.383 e. The maximum atomic E-state index is 5.16. The van der Waals surface area contributed by atoms with Crippen LogP contribution in [0.2, 0.25) is 0 Å². The Morgan fingerprint density at radius 2 is 1.96 bits per heavy atom. The number of guanidine groups is 1. The molecule has 1 atom stereocenters. The minimum absolute atomic E-state index is 0.393. The molecule has 0 aliphatic carbocycles. The monoisotopic (exact) mass is 340 g/mol. The van der Waals surface area contributed by atoms with Gasteiger partial charge in [0.05, 0.1) is 6.61 Å². The Morgan fingerprint density at radius 3 is 2.50 bits per heavy atom. The molecule has 5 nitrogen and oxygen atoms in total. The molecule has 2 N–H and O–H groups in total. The average molecular weight is 341 g/mol. The van der Waals surface area contributed by atoms with Gasteiger partial charge in [0.2, 0.25) is 0 Å². The third-order valence-corrected chi connectivity index (χ3v) is 4.81. The maximum Gasteiger partial charge on any atom is 0.191 e. The van der Waals surface area contributed by atoms with E-state index in [1.54, 1.807) is 7.11 Å². The van der Waals surface area contributed by atoms with Crippen LogP contribution in [0, 0.1) is 11.3 Å². The second-order valence-corrected chi connectivity index (χ2v) is 8.38. The summed E-state index contributed by atoms with van der Waals surface area (Å²) >= 11 is 0. The van der Waals surface area contributed by atoms with Crippen LogP contribution in [-0.2, 0) is 4.74 Å². The van der Waals surface area contributed by atoms with Crippen LogP contribution in [0.3, 0.4) is 0 Å². The quantitative estimate of drug-likeness (QED) is 0.527. The molecular weight excluding hydrogens is 300 g/mol. The number of hydrogen-bond acceptors (Lipinski definition) is 3. The zero-order valence-corrected chi connectivity index (χ0v) is 16.8. The molecule has 1 fully saturated rings. The van der Waals surface area contributed by atoms with Gasteiger partial charge in [-0.25, -0.2) is 0 Å². The molecule has 0 radical (unpaired) electrons. The lowest BCUT2D eigenvalue weighted by molar-refractivity contribution is 0.121. The van der Waals surface area contributed by atoms with Crippen molar-refractivity contribution in [2.75, 3.05) is 46.9 Å². The van der Waals surface area contributed by atoms with E-state index in [2.05, 4.69) is 48.2 Å². The predicted molar refractivity (Wildman–Crippen MR) is 104 cm³/mol. The highest BCUT2D eigenvalue weighted by Gasteiger charge is 2.19. The summed E-state index contributed by atoms with van der Waals surface area (Å²) in [6.45, 7) is 14.4. The maximum absolute atomic E-state index is 5.16. The first-order valence-electron chi connectivity index (χ1n) is 9.52. The third kappa shape index (κ3) is 9.48. The fourth-order valence-electron chi connectivity index (χ4n) is 3.03. The minimum Gasteiger partial charge on any atom is -0.383 e. The van der Waals surface area contributed by atoms with Crippen molar-refractivity contribution in [3.63, 3.8) is 0 Å². The Hall–Kier alpha value is -0.810. The van der Waals surface area contributed by atoms with Crippen LogP contribution in [0.1, 0.15) is 53.4 Å². The van der Waals surface area contributed by atoms with Gasteiger partial charge >= 0.3 is 0 Å². The number of nitrogens with one attached hydrogen (secondary N) is 2. The molecular formula is C19H40N4O. The van der Waals surface area contributed by atoms with Crippen LogP contribution in [-0.4, -0.2) is 63.8 Å². The number of likely N-dealkylation sites (tertiary alicyclic amines) is 1. The number of hydrogen-bond donors (Lipinski definition) is 2. The van der Waals surface area contributed by atoms with Gasteiger partial charge in [-0.1, -0.05) is 20.8 Å². The average Bonchev–Trinajstić information content (AvgIpc) is 2.55. The van der Waals surface area contributed by atoms with Gasteiger partial charge in [-0.15, -0.1) is 0 Å². The highest BCUT2D eigenvalue weighted by atomic mass is 16.5. The first-order valence-corrected chi connectivity index (χ1v) is 9.52. The van der Waals surface area contributed by atoms with Crippen LogP contribution in [0.5, 0.6) is 0 Å². The van der Waals surface area contributed by atoms with Crippen LogP contribution in [0.25, 0.3) is 0 Å². The molecule has 1 rings (SSSR count). The number of rotatable bonds is 8. The zero-order chi connectivity index (χ0) is 18.0. The minimum atomic E-state index is 0.393. The van der Waals surface area contributed by atoms with Crippen LogP contribution in [0.4, 0.5) is 0 Å². The molecule has 1 unspecified atom stereocenters. The SMILES string of the molecule is CN=C(NCC1CCN(CCOC)CC1)NC(C)CCC(C)(C)C. The smallest absolute Gasteiger partial charge is 0.191 e. The van der Waals surface area contributed by atoms with Crippen molar-refractivity contribution in [3.8, 4) is 0 Å². The van der Waals surface area contributed by atoms with E-state index in [1.807, 2.05) is 7.05 Å². The van der Waals surface area contributed by atoms with Gasteiger partial charge in [-0.05, 0) is 57.0 Å². The van der Waals surface area contributed by atoms with E-state index in [0.29, 0.717) is 11.5 Å². The normalized spacial score (nSPS) is 19.3. The molecule has 0 amide bonds. The van der Waals surface area contributed by atoms with Crippen LogP contribution < -0.4 is 10.6 Å². The first-order chi connectivity index (χ1) is 11.3. The second-order valence-electron chi connectivity index (χ2n) is 8.38. The Labute approximate surface area is 149 Å². The molecule has 5 heteroatoms. The number of nitrogens with zero attached hydrogens (tertiary/aromatic N) is 2. The van der Waals surface area contributed by atoms with Crippen molar-refractivity contribution in [3.05, 3.63) is 0 Å². The lowest BCUT2D eigenvalue weighted by Crippen LogP contribution is -2.45. The molecule has 0 spiro atoms. The van der Waals surface area contributed by atoms with Gasteiger partial charge in [-0.3, -0.25) is 4.99 Å². The Kier molecular flexibility index (Phi) is 9.67. The van der Waals surface area contributed by atoms with Gasteiger partial charge in [0.25, 0.3) is 0 Å².